The van der Waals surface area contributed by atoms with E-state index in [4.69, 9.17) is 0 Å². The summed E-state index contributed by atoms with van der Waals surface area (Å²) in [7, 11) is 2.16. The van der Waals surface area contributed by atoms with E-state index in [-0.39, 0.29) is 11.9 Å². The third-order valence-corrected chi connectivity index (χ3v) is 5.58. The molecule has 1 aliphatic rings. The predicted molar refractivity (Wildman–Crippen MR) is 101 cm³/mol. The molecule has 1 N–H and O–H groups in total. The van der Waals surface area contributed by atoms with E-state index in [2.05, 4.69) is 52.7 Å². The lowest BCUT2D eigenvalue weighted by Gasteiger charge is -2.34. The summed E-state index contributed by atoms with van der Waals surface area (Å²) < 4.78 is 0. The van der Waals surface area contributed by atoms with Crippen molar-refractivity contribution in [3.05, 3.63) is 52.2 Å². The molecule has 5 heteroatoms. The minimum Gasteiger partial charge on any atom is -0.369 e. The first-order valence-electron chi connectivity index (χ1n) is 8.55. The van der Waals surface area contributed by atoms with Gasteiger partial charge in [0.05, 0.1) is 6.04 Å². The number of hydrogen-bond donors (Lipinski definition) is 1. The number of anilines is 1. The summed E-state index contributed by atoms with van der Waals surface area (Å²) in [5, 5.41) is 5.19. The van der Waals surface area contributed by atoms with E-state index >= 15 is 0 Å². The normalized spacial score (nSPS) is 16.8. The molecule has 2 aromatic rings. The molecule has 24 heavy (non-hydrogen) atoms. The van der Waals surface area contributed by atoms with Crippen LogP contribution in [0, 0.1) is 0 Å². The average Bonchev–Trinajstić information content (AvgIpc) is 3.15. The Kier molecular flexibility index (Phi) is 5.53. The molecule has 1 amide bonds. The highest BCUT2D eigenvalue weighted by molar-refractivity contribution is 7.10. The Balaban J connectivity index is 1.63. The maximum atomic E-state index is 12.5. The number of likely N-dealkylation sites (N-methyl/N-ethyl adjacent to an activating group) is 1. The number of benzene rings is 1. The minimum atomic E-state index is 0.000164. The zero-order valence-electron chi connectivity index (χ0n) is 14.4. The molecule has 0 unspecified atom stereocenters. The first-order valence-corrected chi connectivity index (χ1v) is 9.43. The van der Waals surface area contributed by atoms with Crippen molar-refractivity contribution < 1.29 is 4.79 Å². The van der Waals surface area contributed by atoms with Crippen LogP contribution in [0.5, 0.6) is 0 Å². The Hall–Kier alpha value is -1.85. The van der Waals surface area contributed by atoms with Crippen LogP contribution in [-0.2, 0) is 0 Å². The van der Waals surface area contributed by atoms with Gasteiger partial charge in [-0.2, -0.15) is 0 Å². The lowest BCUT2D eigenvalue weighted by Crippen LogP contribution is -2.44. The minimum absolute atomic E-state index is 0.000164. The van der Waals surface area contributed by atoms with Gasteiger partial charge in [0.25, 0.3) is 5.91 Å². The highest BCUT2D eigenvalue weighted by Gasteiger charge is 2.17. The van der Waals surface area contributed by atoms with Gasteiger partial charge in [-0.15, -0.1) is 11.3 Å². The van der Waals surface area contributed by atoms with Gasteiger partial charge in [-0.25, -0.2) is 0 Å². The number of nitrogens with zero attached hydrogens (tertiary/aromatic N) is 2. The van der Waals surface area contributed by atoms with Gasteiger partial charge in [-0.05, 0) is 49.2 Å². The molecule has 1 aromatic heterocycles. The van der Waals surface area contributed by atoms with Crippen molar-refractivity contribution in [3.8, 4) is 0 Å². The molecule has 1 aromatic carbocycles. The largest absolute Gasteiger partial charge is 0.369 e. The Morgan fingerprint density at radius 1 is 1.17 bits per heavy atom. The van der Waals surface area contributed by atoms with E-state index in [9.17, 15) is 4.79 Å². The Labute approximate surface area is 148 Å². The summed E-state index contributed by atoms with van der Waals surface area (Å²) in [6.07, 6.45) is 0.894. The van der Waals surface area contributed by atoms with Crippen LogP contribution in [0.4, 0.5) is 5.69 Å². The number of nitrogens with one attached hydrogen (secondary N) is 1. The van der Waals surface area contributed by atoms with Crippen molar-refractivity contribution in [1.82, 2.24) is 10.2 Å². The highest BCUT2D eigenvalue weighted by Crippen LogP contribution is 2.23. The fraction of sp³-hybridized carbons (Fsp3) is 0.421. The molecular weight excluding hydrogens is 318 g/mol. The number of carbonyl (C=O) groups excluding carboxylic acids is 1. The first-order chi connectivity index (χ1) is 11.7. The van der Waals surface area contributed by atoms with Crippen LogP contribution >= 0.6 is 11.3 Å². The van der Waals surface area contributed by atoms with Crippen LogP contribution in [0.3, 0.4) is 0 Å². The van der Waals surface area contributed by atoms with E-state index in [1.165, 1.54) is 10.6 Å². The summed E-state index contributed by atoms with van der Waals surface area (Å²) in [5.41, 5.74) is 1.92. The Morgan fingerprint density at radius 3 is 2.46 bits per heavy atom. The smallest absolute Gasteiger partial charge is 0.251 e. The number of thiophene rings is 1. The summed E-state index contributed by atoms with van der Waals surface area (Å²) in [5.74, 6) is 0.000164. The summed E-state index contributed by atoms with van der Waals surface area (Å²) >= 11 is 1.69. The third kappa shape index (κ3) is 3.97. The molecule has 1 aliphatic heterocycles. The quantitative estimate of drug-likeness (QED) is 0.904. The van der Waals surface area contributed by atoms with Crippen LogP contribution in [0.2, 0.25) is 0 Å². The van der Waals surface area contributed by atoms with Gasteiger partial charge in [-0.3, -0.25) is 4.79 Å². The molecule has 0 radical (unpaired) electrons. The van der Waals surface area contributed by atoms with E-state index in [1.54, 1.807) is 11.3 Å². The van der Waals surface area contributed by atoms with Gasteiger partial charge in [0, 0.05) is 42.3 Å². The van der Waals surface area contributed by atoms with Crippen molar-refractivity contribution >= 4 is 22.9 Å². The molecule has 3 rings (SSSR count). The lowest BCUT2D eigenvalue weighted by atomic mass is 10.1. The fourth-order valence-corrected chi connectivity index (χ4v) is 3.86. The molecule has 1 saturated heterocycles. The van der Waals surface area contributed by atoms with Gasteiger partial charge in [0.1, 0.15) is 0 Å². The number of rotatable bonds is 5. The topological polar surface area (TPSA) is 35.6 Å². The van der Waals surface area contributed by atoms with Gasteiger partial charge in [-0.1, -0.05) is 13.0 Å². The van der Waals surface area contributed by atoms with Crippen molar-refractivity contribution in [2.24, 2.45) is 0 Å². The van der Waals surface area contributed by atoms with Gasteiger partial charge in [0.15, 0.2) is 0 Å². The third-order valence-electron chi connectivity index (χ3n) is 4.60. The Morgan fingerprint density at radius 2 is 1.88 bits per heavy atom. The zero-order chi connectivity index (χ0) is 16.9. The molecule has 0 aliphatic carbocycles. The number of amides is 1. The second-order valence-electron chi connectivity index (χ2n) is 6.29. The number of carbonyl (C=O) groups is 1. The predicted octanol–water partition coefficient (Wildman–Crippen LogP) is 3.38. The van der Waals surface area contributed by atoms with Crippen LogP contribution in [0.15, 0.2) is 41.8 Å². The van der Waals surface area contributed by atoms with Gasteiger partial charge in [0.2, 0.25) is 0 Å². The van der Waals surface area contributed by atoms with E-state index in [1.807, 2.05) is 18.2 Å². The molecule has 1 fully saturated rings. The second-order valence-corrected chi connectivity index (χ2v) is 7.27. The summed E-state index contributed by atoms with van der Waals surface area (Å²) in [4.78, 5) is 18.4. The molecular formula is C19H25N3OS. The van der Waals surface area contributed by atoms with Crippen LogP contribution in [0.25, 0.3) is 0 Å². The first kappa shape index (κ1) is 17.0. The fourth-order valence-electron chi connectivity index (χ4n) is 2.99. The van der Waals surface area contributed by atoms with Crippen LogP contribution in [0.1, 0.15) is 34.6 Å². The van der Waals surface area contributed by atoms with Gasteiger partial charge < -0.3 is 15.1 Å². The summed E-state index contributed by atoms with van der Waals surface area (Å²) in [6.45, 7) is 6.35. The standard InChI is InChI=1S/C19H25N3OS/c1-3-17(18-5-4-14-24-18)20-19(23)15-6-8-16(9-7-15)22-12-10-21(2)11-13-22/h4-9,14,17H,3,10-13H2,1-2H3,(H,20,23)/t17-/m0/s1. The molecule has 0 saturated carbocycles. The monoisotopic (exact) mass is 343 g/mol. The maximum Gasteiger partial charge on any atom is 0.251 e. The molecule has 128 valence electrons. The maximum absolute atomic E-state index is 12.5. The zero-order valence-corrected chi connectivity index (χ0v) is 15.2. The highest BCUT2D eigenvalue weighted by atomic mass is 32.1. The molecule has 4 nitrogen and oxygen atoms in total. The molecule has 0 spiro atoms. The van der Waals surface area contributed by atoms with Gasteiger partial charge >= 0.3 is 0 Å². The average molecular weight is 343 g/mol. The van der Waals surface area contributed by atoms with Crippen molar-refractivity contribution in [2.75, 3.05) is 38.1 Å². The molecule has 2 heterocycles. The number of piperazine rings is 1. The van der Waals surface area contributed by atoms with Crippen molar-refractivity contribution in [3.63, 3.8) is 0 Å². The van der Waals surface area contributed by atoms with E-state index in [0.29, 0.717) is 0 Å². The van der Waals surface area contributed by atoms with E-state index in [0.717, 1.165) is 38.2 Å². The van der Waals surface area contributed by atoms with Crippen LogP contribution in [-0.4, -0.2) is 44.0 Å². The van der Waals surface area contributed by atoms with Crippen LogP contribution < -0.4 is 10.2 Å². The second kappa shape index (κ2) is 7.81. The van der Waals surface area contributed by atoms with E-state index < -0.39 is 0 Å². The lowest BCUT2D eigenvalue weighted by molar-refractivity contribution is 0.0936. The molecule has 1 atom stereocenters. The summed E-state index contributed by atoms with van der Waals surface area (Å²) in [6, 6.07) is 12.2. The Bertz CT molecular complexity index is 646. The SMILES string of the molecule is CC[C@H](NC(=O)c1ccc(N2CCN(C)CC2)cc1)c1cccs1. The molecule has 0 bridgehead atoms. The van der Waals surface area contributed by atoms with Crippen molar-refractivity contribution in [1.29, 1.82) is 0 Å². The van der Waals surface area contributed by atoms with Crippen molar-refractivity contribution in [2.45, 2.75) is 19.4 Å². The number of hydrogen-bond acceptors (Lipinski definition) is 4.